The van der Waals surface area contributed by atoms with Crippen LogP contribution >= 0.6 is 0 Å². The van der Waals surface area contributed by atoms with E-state index in [4.69, 9.17) is 5.11 Å². The van der Waals surface area contributed by atoms with E-state index < -0.39 is 35.3 Å². The van der Waals surface area contributed by atoms with Crippen LogP contribution in [-0.2, 0) is 20.9 Å². The standard InChI is InChI=1S/C17H15FN2O5/c18-11-3-1-10(2-4-11)8-19-9-12(7-14(22)23)20-6-5-13(21)16(24)15(20)17(19)25/h1-4,6,12H,5,7-9H2,(H-,22,23,24,25)/p+1. The van der Waals surface area contributed by atoms with Crippen LogP contribution in [-0.4, -0.2) is 56.1 Å². The third-order valence-electron chi connectivity index (χ3n) is 4.23. The molecule has 7 nitrogen and oxygen atoms in total. The fraction of sp³-hybridized carbons (Fsp3) is 0.294. The maximum absolute atomic E-state index is 13.0. The van der Waals surface area contributed by atoms with Crippen molar-refractivity contribution in [1.29, 1.82) is 0 Å². The number of carbonyl (C=O) groups is 3. The van der Waals surface area contributed by atoms with E-state index >= 15 is 0 Å². The molecular weight excluding hydrogens is 331 g/mol. The molecular formula is C17H16FN2O5+. The molecule has 1 fully saturated rings. The van der Waals surface area contributed by atoms with Crippen LogP contribution in [0.3, 0.4) is 0 Å². The highest BCUT2D eigenvalue weighted by Gasteiger charge is 2.47. The Morgan fingerprint density at radius 3 is 2.60 bits per heavy atom. The average Bonchev–Trinajstić information content (AvgIpc) is 2.56. The monoisotopic (exact) mass is 347 g/mol. The van der Waals surface area contributed by atoms with Crippen LogP contribution in [0.1, 0.15) is 18.4 Å². The van der Waals surface area contributed by atoms with Gasteiger partial charge < -0.3 is 15.1 Å². The van der Waals surface area contributed by atoms with Crippen LogP contribution in [0.15, 0.2) is 35.7 Å². The summed E-state index contributed by atoms with van der Waals surface area (Å²) in [4.78, 5) is 36.9. The first-order valence-corrected chi connectivity index (χ1v) is 7.70. The van der Waals surface area contributed by atoms with Crippen molar-refractivity contribution in [2.24, 2.45) is 0 Å². The number of benzene rings is 1. The number of rotatable bonds is 4. The van der Waals surface area contributed by atoms with Crippen molar-refractivity contribution in [2.75, 3.05) is 6.54 Å². The van der Waals surface area contributed by atoms with E-state index in [1.165, 1.54) is 40.0 Å². The molecule has 0 spiro atoms. The van der Waals surface area contributed by atoms with E-state index in [-0.39, 0.29) is 31.6 Å². The average molecular weight is 347 g/mol. The fourth-order valence-corrected chi connectivity index (χ4v) is 3.05. The Bertz CT molecular complexity index is 813. The van der Waals surface area contributed by atoms with Crippen LogP contribution in [0.5, 0.6) is 0 Å². The van der Waals surface area contributed by atoms with Crippen molar-refractivity contribution >= 4 is 23.9 Å². The fourth-order valence-electron chi connectivity index (χ4n) is 3.05. The van der Waals surface area contributed by atoms with Crippen LogP contribution in [0.4, 0.5) is 4.39 Å². The Balaban J connectivity index is 1.94. The summed E-state index contributed by atoms with van der Waals surface area (Å²) in [6.45, 7) is 0.234. The van der Waals surface area contributed by atoms with Crippen molar-refractivity contribution in [3.8, 4) is 0 Å². The molecule has 0 saturated carbocycles. The number of carboxylic acid groups (broad SMARTS) is 1. The molecule has 8 heteroatoms. The molecule has 1 aromatic carbocycles. The van der Waals surface area contributed by atoms with Gasteiger partial charge in [-0.2, -0.15) is 4.58 Å². The van der Waals surface area contributed by atoms with E-state index in [2.05, 4.69) is 0 Å². The Morgan fingerprint density at radius 1 is 1.28 bits per heavy atom. The van der Waals surface area contributed by atoms with E-state index in [1.807, 2.05) is 0 Å². The van der Waals surface area contributed by atoms with E-state index in [1.54, 1.807) is 0 Å². The van der Waals surface area contributed by atoms with Gasteiger partial charge in [-0.3, -0.25) is 14.4 Å². The Labute approximate surface area is 142 Å². The van der Waals surface area contributed by atoms with Gasteiger partial charge in [0, 0.05) is 6.54 Å². The lowest BCUT2D eigenvalue weighted by Gasteiger charge is -2.32. The number of fused-ring (bicyclic) bond motifs is 1. The molecule has 2 aliphatic rings. The highest BCUT2D eigenvalue weighted by Crippen LogP contribution is 2.25. The van der Waals surface area contributed by atoms with Crippen LogP contribution in [0.2, 0.25) is 0 Å². The SMILES string of the molecule is O=C(O)CC1CN(Cc2ccc(F)cc2)C(=O)C2=C(O)C(=O)CC=[N+]21. The first-order valence-electron chi connectivity index (χ1n) is 7.70. The number of aliphatic hydroxyl groups is 1. The van der Waals surface area contributed by atoms with Gasteiger partial charge in [-0.25, -0.2) is 4.39 Å². The molecule has 0 bridgehead atoms. The Hall–Kier alpha value is -3.03. The van der Waals surface area contributed by atoms with Gasteiger partial charge >= 0.3 is 17.6 Å². The first kappa shape index (κ1) is 16.8. The minimum absolute atomic E-state index is 0.0866. The van der Waals surface area contributed by atoms with Gasteiger partial charge in [0.2, 0.25) is 11.5 Å². The zero-order valence-electron chi connectivity index (χ0n) is 13.2. The summed E-state index contributed by atoms with van der Waals surface area (Å²) in [5.74, 6) is -3.25. The zero-order valence-corrected chi connectivity index (χ0v) is 13.2. The molecule has 1 amide bonds. The summed E-state index contributed by atoms with van der Waals surface area (Å²) in [7, 11) is 0. The lowest BCUT2D eigenvalue weighted by Crippen LogP contribution is -2.53. The molecule has 0 radical (unpaired) electrons. The van der Waals surface area contributed by atoms with Gasteiger partial charge in [0.15, 0.2) is 12.3 Å². The van der Waals surface area contributed by atoms with Crippen molar-refractivity contribution < 1.29 is 33.6 Å². The maximum atomic E-state index is 13.0. The third kappa shape index (κ3) is 3.28. The predicted molar refractivity (Wildman–Crippen MR) is 83.5 cm³/mol. The lowest BCUT2D eigenvalue weighted by atomic mass is 10.0. The number of nitrogens with zero attached hydrogens (tertiary/aromatic N) is 2. The molecule has 1 saturated heterocycles. The maximum Gasteiger partial charge on any atom is 0.323 e. The number of amides is 1. The van der Waals surface area contributed by atoms with Crippen molar-refractivity contribution in [1.82, 2.24) is 4.90 Å². The van der Waals surface area contributed by atoms with Crippen molar-refractivity contribution in [2.45, 2.75) is 25.4 Å². The molecule has 130 valence electrons. The van der Waals surface area contributed by atoms with E-state index in [0.717, 1.165) is 0 Å². The van der Waals surface area contributed by atoms with E-state index in [0.29, 0.717) is 5.56 Å². The first-order chi connectivity index (χ1) is 11.9. The molecule has 1 unspecified atom stereocenters. The van der Waals surface area contributed by atoms with Gasteiger partial charge in [0.05, 0.1) is 13.0 Å². The highest BCUT2D eigenvalue weighted by atomic mass is 19.1. The smallest absolute Gasteiger partial charge is 0.323 e. The lowest BCUT2D eigenvalue weighted by molar-refractivity contribution is -0.520. The number of carbonyl (C=O) groups excluding carboxylic acids is 2. The number of piperazine rings is 1. The molecule has 1 atom stereocenters. The number of hydrogen-bond acceptors (Lipinski definition) is 4. The highest BCUT2D eigenvalue weighted by molar-refractivity contribution is 6.08. The summed E-state index contributed by atoms with van der Waals surface area (Å²) in [5.41, 5.74) is 0.458. The third-order valence-corrected chi connectivity index (χ3v) is 4.23. The van der Waals surface area contributed by atoms with Gasteiger partial charge in [-0.15, -0.1) is 0 Å². The number of halogens is 1. The van der Waals surface area contributed by atoms with Crippen LogP contribution in [0, 0.1) is 5.82 Å². The van der Waals surface area contributed by atoms with Crippen LogP contribution < -0.4 is 0 Å². The Morgan fingerprint density at radius 2 is 1.96 bits per heavy atom. The van der Waals surface area contributed by atoms with Crippen molar-refractivity contribution in [3.05, 3.63) is 47.1 Å². The summed E-state index contributed by atoms with van der Waals surface area (Å²) in [5, 5.41) is 19.2. The van der Waals surface area contributed by atoms with Gasteiger partial charge in [0.1, 0.15) is 12.2 Å². The number of ketones is 1. The largest absolute Gasteiger partial charge is 0.500 e. The number of aliphatic carboxylic acids is 1. The van der Waals surface area contributed by atoms with Gasteiger partial charge in [-0.05, 0) is 17.7 Å². The molecule has 3 rings (SSSR count). The molecule has 0 aromatic heterocycles. The second-order valence-corrected chi connectivity index (χ2v) is 5.98. The normalized spacial score (nSPS) is 20.4. The summed E-state index contributed by atoms with van der Waals surface area (Å²) >= 11 is 0. The summed E-state index contributed by atoms with van der Waals surface area (Å²) < 4.78 is 14.4. The van der Waals surface area contributed by atoms with Gasteiger partial charge in [0.25, 0.3) is 0 Å². The summed E-state index contributed by atoms with van der Waals surface area (Å²) in [6, 6.07) is 4.97. The Kier molecular flexibility index (Phi) is 4.35. The number of allylic oxidation sites excluding steroid dienone is 1. The topological polar surface area (TPSA) is 97.9 Å². The summed E-state index contributed by atoms with van der Waals surface area (Å²) in [6.07, 6.45) is 1.10. The van der Waals surface area contributed by atoms with E-state index in [9.17, 15) is 23.9 Å². The molecule has 2 N–H and O–H groups in total. The molecule has 1 aromatic rings. The molecule has 2 aliphatic heterocycles. The molecule has 0 aliphatic carbocycles. The predicted octanol–water partition coefficient (Wildman–Crippen LogP) is 0.837. The number of Topliss-reactive ketones (excluding diaryl/α,β-unsaturated/α-hetero) is 1. The number of aliphatic hydroxyl groups excluding tert-OH is 1. The quantitative estimate of drug-likeness (QED) is 0.787. The van der Waals surface area contributed by atoms with Crippen LogP contribution in [0.25, 0.3) is 0 Å². The minimum atomic E-state index is -1.05. The second-order valence-electron chi connectivity index (χ2n) is 5.98. The molecule has 25 heavy (non-hydrogen) atoms. The zero-order chi connectivity index (χ0) is 18.1. The minimum Gasteiger partial charge on any atom is -0.500 e. The number of carboxylic acids is 1. The molecule has 2 heterocycles. The number of hydrogen-bond donors (Lipinski definition) is 2. The van der Waals surface area contributed by atoms with Crippen molar-refractivity contribution in [3.63, 3.8) is 0 Å². The van der Waals surface area contributed by atoms with Gasteiger partial charge in [-0.1, -0.05) is 12.1 Å². The second kappa shape index (κ2) is 6.46.